The van der Waals surface area contributed by atoms with Crippen LogP contribution in [-0.4, -0.2) is 17.4 Å². The molecule has 1 N–H and O–H groups in total. The molecule has 0 saturated carbocycles. The largest absolute Gasteiger partial charge is 0.414 e. The lowest BCUT2D eigenvalue weighted by Gasteiger charge is -2.21. The van der Waals surface area contributed by atoms with Crippen LogP contribution in [0.5, 0.6) is 0 Å². The maximum absolute atomic E-state index is 12.0. The van der Waals surface area contributed by atoms with Crippen LogP contribution in [0.1, 0.15) is 39.5 Å². The predicted octanol–water partition coefficient (Wildman–Crippen LogP) is 3.13. The molecule has 0 aromatic heterocycles. The van der Waals surface area contributed by atoms with Crippen molar-refractivity contribution in [3.8, 4) is 0 Å². The molecule has 0 heterocycles. The van der Waals surface area contributed by atoms with Gasteiger partial charge in [-0.2, -0.15) is 13.2 Å². The minimum atomic E-state index is -4.47. The molecular formula is C9H17F3O. The van der Waals surface area contributed by atoms with Gasteiger partial charge in [0, 0.05) is 0 Å². The van der Waals surface area contributed by atoms with Crippen LogP contribution in [-0.2, 0) is 0 Å². The zero-order valence-corrected chi connectivity index (χ0v) is 8.06. The maximum atomic E-state index is 12.0. The molecule has 13 heavy (non-hydrogen) atoms. The van der Waals surface area contributed by atoms with Crippen molar-refractivity contribution in [3.05, 3.63) is 0 Å². The van der Waals surface area contributed by atoms with E-state index in [-0.39, 0.29) is 0 Å². The maximum Gasteiger partial charge on any atom is 0.414 e. The molecule has 0 aromatic carbocycles. The normalized spacial score (nSPS) is 17.1. The summed E-state index contributed by atoms with van der Waals surface area (Å²) in [4.78, 5) is 0. The number of aliphatic hydroxyl groups excluding tert-OH is 1. The molecular weight excluding hydrogens is 181 g/mol. The standard InChI is InChI=1S/C9H17F3O/c1-3-4-5-6-7(2)8(13)9(10,11)12/h7-8,13H,3-6H2,1-2H3/t7-,8+/m1/s1. The summed E-state index contributed by atoms with van der Waals surface area (Å²) in [5, 5.41) is 8.83. The Balaban J connectivity index is 3.76. The Kier molecular flexibility index (Phi) is 5.37. The summed E-state index contributed by atoms with van der Waals surface area (Å²) < 4.78 is 35.9. The minimum absolute atomic E-state index is 0.439. The van der Waals surface area contributed by atoms with Gasteiger partial charge in [0.2, 0.25) is 0 Å². The molecule has 0 bridgehead atoms. The lowest BCUT2D eigenvalue weighted by Crippen LogP contribution is -2.34. The summed E-state index contributed by atoms with van der Waals surface area (Å²) in [6, 6.07) is 0. The highest BCUT2D eigenvalue weighted by Crippen LogP contribution is 2.28. The first-order chi connectivity index (χ1) is 5.89. The summed E-state index contributed by atoms with van der Waals surface area (Å²) in [7, 11) is 0. The Morgan fingerprint density at radius 2 is 1.77 bits per heavy atom. The Labute approximate surface area is 76.9 Å². The van der Waals surface area contributed by atoms with E-state index in [1.54, 1.807) is 0 Å². The van der Waals surface area contributed by atoms with Gasteiger partial charge in [0.05, 0.1) is 0 Å². The highest BCUT2D eigenvalue weighted by Gasteiger charge is 2.41. The van der Waals surface area contributed by atoms with E-state index in [2.05, 4.69) is 0 Å². The first kappa shape index (κ1) is 12.8. The molecule has 0 aliphatic heterocycles. The summed E-state index contributed by atoms with van der Waals surface area (Å²) in [6.07, 6.45) is -3.53. The molecule has 0 aliphatic carbocycles. The van der Waals surface area contributed by atoms with Crippen molar-refractivity contribution in [2.24, 2.45) is 5.92 Å². The number of hydrogen-bond donors (Lipinski definition) is 1. The van der Waals surface area contributed by atoms with E-state index in [0.29, 0.717) is 6.42 Å². The number of hydrogen-bond acceptors (Lipinski definition) is 1. The van der Waals surface area contributed by atoms with Crippen LogP contribution in [0.15, 0.2) is 0 Å². The van der Waals surface area contributed by atoms with Crippen LogP contribution >= 0.6 is 0 Å². The van der Waals surface area contributed by atoms with Gasteiger partial charge in [-0.15, -0.1) is 0 Å². The molecule has 1 nitrogen and oxygen atoms in total. The number of aliphatic hydroxyl groups is 1. The molecule has 0 aromatic rings. The highest BCUT2D eigenvalue weighted by molar-refractivity contribution is 4.71. The van der Waals surface area contributed by atoms with Crippen LogP contribution < -0.4 is 0 Å². The van der Waals surface area contributed by atoms with Crippen molar-refractivity contribution in [2.75, 3.05) is 0 Å². The highest BCUT2D eigenvalue weighted by atomic mass is 19.4. The molecule has 0 saturated heterocycles. The van der Waals surface area contributed by atoms with E-state index in [9.17, 15) is 13.2 Å². The Morgan fingerprint density at radius 1 is 1.23 bits per heavy atom. The fraction of sp³-hybridized carbons (Fsp3) is 1.00. The van der Waals surface area contributed by atoms with Gasteiger partial charge in [-0.25, -0.2) is 0 Å². The third-order valence-electron chi connectivity index (χ3n) is 2.14. The Hall–Kier alpha value is -0.250. The molecule has 0 aliphatic rings. The van der Waals surface area contributed by atoms with Crippen molar-refractivity contribution in [1.82, 2.24) is 0 Å². The van der Waals surface area contributed by atoms with Gasteiger partial charge in [0.25, 0.3) is 0 Å². The lowest BCUT2D eigenvalue weighted by atomic mass is 9.97. The number of alkyl halides is 3. The van der Waals surface area contributed by atoms with E-state index in [1.807, 2.05) is 6.92 Å². The van der Waals surface area contributed by atoms with Crippen molar-refractivity contribution in [3.63, 3.8) is 0 Å². The van der Waals surface area contributed by atoms with Gasteiger partial charge < -0.3 is 5.11 Å². The zero-order chi connectivity index (χ0) is 10.5. The molecule has 0 rings (SSSR count). The van der Waals surface area contributed by atoms with Gasteiger partial charge >= 0.3 is 6.18 Å². The van der Waals surface area contributed by atoms with Crippen molar-refractivity contribution in [1.29, 1.82) is 0 Å². The fourth-order valence-corrected chi connectivity index (χ4v) is 1.20. The van der Waals surface area contributed by atoms with E-state index < -0.39 is 18.2 Å². The minimum Gasteiger partial charge on any atom is -0.383 e. The van der Waals surface area contributed by atoms with Gasteiger partial charge in [0.15, 0.2) is 6.10 Å². The summed E-state index contributed by atoms with van der Waals surface area (Å²) in [5.41, 5.74) is 0. The molecule has 0 fully saturated rings. The SMILES string of the molecule is CCCCC[C@@H](C)[C@H](O)C(F)(F)F. The van der Waals surface area contributed by atoms with Crippen LogP contribution in [0.3, 0.4) is 0 Å². The van der Waals surface area contributed by atoms with Gasteiger partial charge in [-0.1, -0.05) is 33.1 Å². The van der Waals surface area contributed by atoms with E-state index in [1.165, 1.54) is 6.92 Å². The first-order valence-electron chi connectivity index (χ1n) is 4.64. The van der Waals surface area contributed by atoms with Gasteiger partial charge in [-0.05, 0) is 12.3 Å². The Morgan fingerprint density at radius 3 is 2.15 bits per heavy atom. The first-order valence-corrected chi connectivity index (χ1v) is 4.64. The van der Waals surface area contributed by atoms with Crippen LogP contribution in [0, 0.1) is 5.92 Å². The van der Waals surface area contributed by atoms with Crippen molar-refractivity contribution < 1.29 is 18.3 Å². The topological polar surface area (TPSA) is 20.2 Å². The molecule has 0 spiro atoms. The molecule has 80 valence electrons. The third-order valence-corrected chi connectivity index (χ3v) is 2.14. The fourth-order valence-electron chi connectivity index (χ4n) is 1.20. The molecule has 0 amide bonds. The second kappa shape index (κ2) is 5.47. The number of rotatable bonds is 5. The molecule has 0 unspecified atom stereocenters. The number of unbranched alkanes of at least 4 members (excludes halogenated alkanes) is 2. The second-order valence-electron chi connectivity index (χ2n) is 3.46. The number of halogens is 3. The summed E-state index contributed by atoms with van der Waals surface area (Å²) >= 11 is 0. The molecule has 4 heteroatoms. The zero-order valence-electron chi connectivity index (χ0n) is 8.06. The Bertz CT molecular complexity index is 133. The average molecular weight is 198 g/mol. The van der Waals surface area contributed by atoms with E-state index >= 15 is 0 Å². The monoisotopic (exact) mass is 198 g/mol. The predicted molar refractivity (Wildman–Crippen MR) is 45.4 cm³/mol. The quantitative estimate of drug-likeness (QED) is 0.673. The summed E-state index contributed by atoms with van der Waals surface area (Å²) in [5.74, 6) is -0.688. The molecule has 2 atom stereocenters. The van der Waals surface area contributed by atoms with Crippen LogP contribution in [0.2, 0.25) is 0 Å². The van der Waals surface area contributed by atoms with Crippen LogP contribution in [0.4, 0.5) is 13.2 Å². The van der Waals surface area contributed by atoms with E-state index in [0.717, 1.165) is 19.3 Å². The van der Waals surface area contributed by atoms with Gasteiger partial charge in [0.1, 0.15) is 0 Å². The lowest BCUT2D eigenvalue weighted by molar-refractivity contribution is -0.218. The van der Waals surface area contributed by atoms with Crippen molar-refractivity contribution in [2.45, 2.75) is 51.8 Å². The van der Waals surface area contributed by atoms with Gasteiger partial charge in [-0.3, -0.25) is 0 Å². The second-order valence-corrected chi connectivity index (χ2v) is 3.46. The molecule has 0 radical (unpaired) electrons. The van der Waals surface area contributed by atoms with Crippen molar-refractivity contribution >= 4 is 0 Å². The average Bonchev–Trinajstić information content (AvgIpc) is 2.01. The van der Waals surface area contributed by atoms with Crippen LogP contribution in [0.25, 0.3) is 0 Å². The summed E-state index contributed by atoms with van der Waals surface area (Å²) in [6.45, 7) is 3.43. The smallest absolute Gasteiger partial charge is 0.383 e. The van der Waals surface area contributed by atoms with E-state index in [4.69, 9.17) is 5.11 Å². The third kappa shape index (κ3) is 5.13.